The van der Waals surface area contributed by atoms with Crippen LogP contribution in [0.1, 0.15) is 11.4 Å². The highest BCUT2D eigenvalue weighted by molar-refractivity contribution is 6.18. The topological polar surface area (TPSA) is 124 Å². The Kier molecular flexibility index (Phi) is 3.78. The third-order valence-corrected chi connectivity index (χ3v) is 4.76. The van der Waals surface area contributed by atoms with Gasteiger partial charge in [-0.05, 0) is 19.1 Å². The van der Waals surface area contributed by atoms with Gasteiger partial charge in [0.05, 0.1) is 29.4 Å². The van der Waals surface area contributed by atoms with Crippen molar-refractivity contribution in [1.29, 1.82) is 5.26 Å². The van der Waals surface area contributed by atoms with E-state index in [1.54, 1.807) is 19.1 Å². The maximum atomic E-state index is 10.5. The van der Waals surface area contributed by atoms with Gasteiger partial charge in [-0.25, -0.2) is 9.50 Å². The van der Waals surface area contributed by atoms with Crippen molar-refractivity contribution in [3.63, 3.8) is 0 Å². The molecule has 0 spiro atoms. The number of nitrogens with zero attached hydrogens (tertiary/aromatic N) is 4. The fourth-order valence-corrected chi connectivity index (χ4v) is 3.21. The average Bonchev–Trinajstić information content (AvgIpc) is 3.09. The van der Waals surface area contributed by atoms with Gasteiger partial charge in [-0.15, -0.1) is 11.6 Å². The predicted octanol–water partition coefficient (Wildman–Crippen LogP) is -0.522. The van der Waals surface area contributed by atoms with E-state index in [9.17, 15) is 20.6 Å². The van der Waals surface area contributed by atoms with Gasteiger partial charge in [0, 0.05) is 0 Å². The van der Waals surface area contributed by atoms with Gasteiger partial charge < -0.3 is 20.1 Å². The molecule has 0 saturated carbocycles. The number of aromatic nitrogens is 3. The van der Waals surface area contributed by atoms with E-state index in [0.717, 1.165) is 0 Å². The summed E-state index contributed by atoms with van der Waals surface area (Å²) in [7, 11) is 0. The minimum Gasteiger partial charge on any atom is -0.393 e. The molecule has 2 aromatic rings. The molecule has 3 heterocycles. The first kappa shape index (κ1) is 16.1. The van der Waals surface area contributed by atoms with Crippen LogP contribution in [0.2, 0.25) is 0 Å². The number of halogens is 1. The molecule has 3 rings (SSSR count). The standard InChI is InChI=1S/C14H15ClN4O4/c1-8-9-2-3-10(19(9)18-7-17-8)14(5-16)12(22)11(21)13(4-15,6-20)23-14/h2-3,7,11-12,20-22H,4,6H2,1H3/t11-,12+,13+,14-/m0/s1. The normalized spacial score (nSPS) is 33.9. The zero-order chi connectivity index (χ0) is 16.8. The van der Waals surface area contributed by atoms with Crippen molar-refractivity contribution in [3.8, 4) is 6.07 Å². The molecule has 1 saturated heterocycles. The van der Waals surface area contributed by atoms with Crippen LogP contribution in [0.3, 0.4) is 0 Å². The van der Waals surface area contributed by atoms with Crippen LogP contribution in [0.4, 0.5) is 0 Å². The van der Waals surface area contributed by atoms with E-state index >= 15 is 0 Å². The molecule has 0 aromatic carbocycles. The van der Waals surface area contributed by atoms with E-state index in [0.29, 0.717) is 11.2 Å². The van der Waals surface area contributed by atoms with Gasteiger partial charge >= 0.3 is 0 Å². The quantitative estimate of drug-likeness (QED) is 0.643. The van der Waals surface area contributed by atoms with E-state index < -0.39 is 30.0 Å². The van der Waals surface area contributed by atoms with Crippen LogP contribution in [0.25, 0.3) is 5.52 Å². The Hall–Kier alpha value is -1.76. The van der Waals surface area contributed by atoms with E-state index in [2.05, 4.69) is 10.1 Å². The number of alkyl halides is 1. The highest BCUT2D eigenvalue weighted by Crippen LogP contribution is 2.45. The summed E-state index contributed by atoms with van der Waals surface area (Å²) < 4.78 is 7.10. The first-order valence-electron chi connectivity index (χ1n) is 6.90. The van der Waals surface area contributed by atoms with E-state index in [-0.39, 0.29) is 11.6 Å². The highest BCUT2D eigenvalue weighted by atomic mass is 35.5. The lowest BCUT2D eigenvalue weighted by Gasteiger charge is -2.28. The summed E-state index contributed by atoms with van der Waals surface area (Å²) in [6.45, 7) is 1.13. The Morgan fingerprint density at radius 2 is 2.17 bits per heavy atom. The van der Waals surface area contributed by atoms with Crippen molar-refractivity contribution in [1.82, 2.24) is 14.6 Å². The van der Waals surface area contributed by atoms with E-state index in [1.165, 1.54) is 10.8 Å². The molecule has 0 aliphatic carbocycles. The molecule has 23 heavy (non-hydrogen) atoms. The SMILES string of the molecule is Cc1ncnn2c([C@]3(C#N)O[C@@](CO)(CCl)[C@@H](O)[C@H]3O)ccc12. The first-order chi connectivity index (χ1) is 11.0. The van der Waals surface area contributed by atoms with Gasteiger partial charge in [-0.2, -0.15) is 10.4 Å². The zero-order valence-electron chi connectivity index (χ0n) is 12.2. The molecule has 0 bridgehead atoms. The summed E-state index contributed by atoms with van der Waals surface area (Å²) in [6, 6.07) is 5.17. The molecule has 2 aromatic heterocycles. The smallest absolute Gasteiger partial charge is 0.225 e. The molecule has 3 N–H and O–H groups in total. The largest absolute Gasteiger partial charge is 0.393 e. The lowest BCUT2D eigenvalue weighted by atomic mass is 9.89. The van der Waals surface area contributed by atoms with Crippen molar-refractivity contribution in [3.05, 3.63) is 29.8 Å². The number of aliphatic hydroxyl groups excluding tert-OH is 3. The van der Waals surface area contributed by atoms with Crippen molar-refractivity contribution in [2.75, 3.05) is 12.5 Å². The third-order valence-electron chi connectivity index (χ3n) is 4.30. The predicted molar refractivity (Wildman–Crippen MR) is 78.7 cm³/mol. The average molecular weight is 339 g/mol. The second-order valence-electron chi connectivity index (χ2n) is 5.56. The number of rotatable bonds is 3. The van der Waals surface area contributed by atoms with Gasteiger partial charge in [0.25, 0.3) is 0 Å². The Morgan fingerprint density at radius 1 is 1.43 bits per heavy atom. The maximum absolute atomic E-state index is 10.5. The van der Waals surface area contributed by atoms with Gasteiger partial charge in [-0.1, -0.05) is 0 Å². The summed E-state index contributed by atoms with van der Waals surface area (Å²) in [5.74, 6) is -0.289. The number of hydrogen-bond acceptors (Lipinski definition) is 7. The Balaban J connectivity index is 2.23. The molecule has 8 nitrogen and oxygen atoms in total. The Labute approximate surface area is 136 Å². The second kappa shape index (κ2) is 5.40. The minimum absolute atomic E-state index is 0.229. The zero-order valence-corrected chi connectivity index (χ0v) is 13.0. The number of aliphatic hydroxyl groups is 3. The number of ether oxygens (including phenoxy) is 1. The number of hydrogen-bond donors (Lipinski definition) is 3. The first-order valence-corrected chi connectivity index (χ1v) is 7.43. The van der Waals surface area contributed by atoms with Crippen LogP contribution >= 0.6 is 11.6 Å². The van der Waals surface area contributed by atoms with Crippen LogP contribution in [0.5, 0.6) is 0 Å². The van der Waals surface area contributed by atoms with Crippen LogP contribution in [0, 0.1) is 18.3 Å². The lowest BCUT2D eigenvalue weighted by Crippen LogP contribution is -2.47. The van der Waals surface area contributed by atoms with Gasteiger partial charge in [0.15, 0.2) is 0 Å². The molecule has 1 fully saturated rings. The summed E-state index contributed by atoms with van der Waals surface area (Å²) in [4.78, 5) is 4.06. The summed E-state index contributed by atoms with van der Waals surface area (Å²) in [5, 5.41) is 44.1. The van der Waals surface area contributed by atoms with Crippen molar-refractivity contribution >= 4 is 17.1 Å². The molecular weight excluding hydrogens is 324 g/mol. The van der Waals surface area contributed by atoms with Crippen molar-refractivity contribution in [2.45, 2.75) is 30.3 Å². The van der Waals surface area contributed by atoms with Gasteiger partial charge in [0.2, 0.25) is 5.60 Å². The number of nitriles is 1. The number of aryl methyl sites for hydroxylation is 1. The Bertz CT molecular complexity index is 785. The molecular formula is C14H15ClN4O4. The van der Waals surface area contributed by atoms with Crippen LogP contribution < -0.4 is 0 Å². The molecule has 4 atom stereocenters. The maximum Gasteiger partial charge on any atom is 0.225 e. The van der Waals surface area contributed by atoms with Gasteiger partial charge in [-0.3, -0.25) is 0 Å². The molecule has 122 valence electrons. The summed E-state index contributed by atoms with van der Waals surface area (Å²) >= 11 is 5.82. The Morgan fingerprint density at radius 3 is 2.74 bits per heavy atom. The lowest BCUT2D eigenvalue weighted by molar-refractivity contribution is -0.122. The monoisotopic (exact) mass is 338 g/mol. The minimum atomic E-state index is -1.91. The fourth-order valence-electron chi connectivity index (χ4n) is 2.91. The van der Waals surface area contributed by atoms with Gasteiger partial charge in [0.1, 0.15) is 30.2 Å². The summed E-state index contributed by atoms with van der Waals surface area (Å²) in [6.07, 6.45) is -1.82. The van der Waals surface area contributed by atoms with Crippen LogP contribution in [-0.4, -0.2) is 60.2 Å². The highest BCUT2D eigenvalue weighted by Gasteiger charge is 2.64. The molecule has 0 radical (unpaired) electrons. The van der Waals surface area contributed by atoms with Crippen LogP contribution in [-0.2, 0) is 10.3 Å². The second-order valence-corrected chi connectivity index (χ2v) is 5.82. The number of fused-ring (bicyclic) bond motifs is 1. The fraction of sp³-hybridized carbons (Fsp3) is 0.500. The van der Waals surface area contributed by atoms with Crippen molar-refractivity contribution in [2.24, 2.45) is 0 Å². The van der Waals surface area contributed by atoms with Crippen molar-refractivity contribution < 1.29 is 20.1 Å². The third kappa shape index (κ3) is 1.99. The van der Waals surface area contributed by atoms with E-state index in [4.69, 9.17) is 16.3 Å². The van der Waals surface area contributed by atoms with E-state index in [1.807, 2.05) is 6.07 Å². The molecule has 0 unspecified atom stereocenters. The molecule has 1 aliphatic rings. The van der Waals surface area contributed by atoms with Crippen LogP contribution in [0.15, 0.2) is 18.5 Å². The summed E-state index contributed by atoms with van der Waals surface area (Å²) in [5.41, 5.74) is -2.01. The molecule has 0 amide bonds. The molecule has 9 heteroatoms. The molecule has 1 aliphatic heterocycles.